The van der Waals surface area contributed by atoms with E-state index in [4.69, 9.17) is 5.73 Å². The van der Waals surface area contributed by atoms with Gasteiger partial charge < -0.3 is 5.73 Å². The van der Waals surface area contributed by atoms with Crippen molar-refractivity contribution in [3.8, 4) is 0 Å². The third-order valence-corrected chi connectivity index (χ3v) is 3.22. The lowest BCUT2D eigenvalue weighted by molar-refractivity contribution is 1.30. The maximum Gasteiger partial charge on any atom is 0.131 e. The lowest BCUT2D eigenvalue weighted by Crippen LogP contribution is -2.12. The van der Waals surface area contributed by atoms with Gasteiger partial charge in [0.1, 0.15) is 5.84 Å². The van der Waals surface area contributed by atoms with E-state index in [0.29, 0.717) is 5.84 Å². The summed E-state index contributed by atoms with van der Waals surface area (Å²) in [6.07, 6.45) is 0. The second kappa shape index (κ2) is 5.36. The molecule has 18 heavy (non-hydrogen) atoms. The van der Waals surface area contributed by atoms with E-state index in [9.17, 15) is 0 Å². The first kappa shape index (κ1) is 12.8. The number of rotatable bonds is 2. The van der Waals surface area contributed by atoms with E-state index in [1.54, 1.807) is 0 Å². The minimum absolute atomic E-state index is 0.545. The van der Waals surface area contributed by atoms with Crippen molar-refractivity contribution < 1.29 is 0 Å². The van der Waals surface area contributed by atoms with Crippen molar-refractivity contribution in [3.05, 3.63) is 63.6 Å². The summed E-state index contributed by atoms with van der Waals surface area (Å²) in [5.74, 6) is 0.545. The van der Waals surface area contributed by atoms with Crippen LogP contribution in [0.4, 0.5) is 5.69 Å². The van der Waals surface area contributed by atoms with Crippen LogP contribution in [0, 0.1) is 13.8 Å². The van der Waals surface area contributed by atoms with Gasteiger partial charge in [-0.3, -0.25) is 0 Å². The molecule has 0 amide bonds. The predicted molar refractivity (Wildman–Crippen MR) is 80.4 cm³/mol. The van der Waals surface area contributed by atoms with Crippen molar-refractivity contribution in [2.24, 2.45) is 10.7 Å². The standard InChI is InChI=1S/C15H15BrN2/c1-10-8-13(16)9-11(2)14(10)18-15(17)12-6-4-3-5-7-12/h3-9H,1-2H3,(H2,17,18). The maximum atomic E-state index is 6.04. The Hall–Kier alpha value is -1.61. The zero-order valence-electron chi connectivity index (χ0n) is 10.4. The fourth-order valence-corrected chi connectivity index (χ4v) is 2.56. The number of nitrogens with zero attached hydrogens (tertiary/aromatic N) is 1. The molecule has 0 atom stereocenters. The molecule has 3 heteroatoms. The van der Waals surface area contributed by atoms with Gasteiger partial charge in [0.25, 0.3) is 0 Å². The second-order valence-corrected chi connectivity index (χ2v) is 5.17. The third kappa shape index (κ3) is 2.79. The van der Waals surface area contributed by atoms with Crippen LogP contribution in [0.3, 0.4) is 0 Å². The zero-order chi connectivity index (χ0) is 13.1. The molecular weight excluding hydrogens is 288 g/mol. The van der Waals surface area contributed by atoms with Gasteiger partial charge in [-0.1, -0.05) is 46.3 Å². The van der Waals surface area contributed by atoms with Crippen LogP contribution in [-0.2, 0) is 0 Å². The van der Waals surface area contributed by atoms with Crippen LogP contribution in [0.5, 0.6) is 0 Å². The Morgan fingerprint density at radius 1 is 1.06 bits per heavy atom. The Morgan fingerprint density at radius 2 is 1.61 bits per heavy atom. The zero-order valence-corrected chi connectivity index (χ0v) is 12.0. The van der Waals surface area contributed by atoms with Crippen molar-refractivity contribution in [3.63, 3.8) is 0 Å². The highest BCUT2D eigenvalue weighted by Gasteiger charge is 2.05. The van der Waals surface area contributed by atoms with Crippen LogP contribution in [0.15, 0.2) is 51.9 Å². The maximum absolute atomic E-state index is 6.04. The minimum atomic E-state index is 0.545. The molecule has 0 aliphatic carbocycles. The molecule has 0 aliphatic rings. The molecule has 0 saturated heterocycles. The van der Waals surface area contributed by atoms with E-state index < -0.39 is 0 Å². The van der Waals surface area contributed by atoms with Gasteiger partial charge in [-0.05, 0) is 37.1 Å². The molecule has 2 rings (SSSR count). The fraction of sp³-hybridized carbons (Fsp3) is 0.133. The van der Waals surface area contributed by atoms with Gasteiger partial charge in [0.15, 0.2) is 0 Å². The molecule has 2 aromatic carbocycles. The van der Waals surface area contributed by atoms with Crippen molar-refractivity contribution >= 4 is 27.5 Å². The Bertz CT molecular complexity index is 566. The third-order valence-electron chi connectivity index (χ3n) is 2.76. The Kier molecular flexibility index (Phi) is 3.82. The van der Waals surface area contributed by atoms with Crippen LogP contribution in [0.2, 0.25) is 0 Å². The van der Waals surface area contributed by atoms with Crippen molar-refractivity contribution in [1.82, 2.24) is 0 Å². The average molecular weight is 303 g/mol. The van der Waals surface area contributed by atoms with E-state index in [1.807, 2.05) is 56.3 Å². The molecule has 0 aliphatic heterocycles. The van der Waals surface area contributed by atoms with Crippen molar-refractivity contribution in [2.75, 3.05) is 0 Å². The van der Waals surface area contributed by atoms with E-state index in [2.05, 4.69) is 20.9 Å². The molecule has 0 unspecified atom stereocenters. The highest BCUT2D eigenvalue weighted by molar-refractivity contribution is 9.10. The lowest BCUT2D eigenvalue weighted by atomic mass is 10.1. The number of nitrogens with two attached hydrogens (primary N) is 1. The topological polar surface area (TPSA) is 38.4 Å². The van der Waals surface area contributed by atoms with Gasteiger partial charge in [-0.2, -0.15) is 0 Å². The van der Waals surface area contributed by atoms with Crippen LogP contribution in [0.1, 0.15) is 16.7 Å². The SMILES string of the molecule is Cc1cc(Br)cc(C)c1N=C(N)c1ccccc1. The second-order valence-electron chi connectivity index (χ2n) is 4.25. The molecule has 0 spiro atoms. The largest absolute Gasteiger partial charge is 0.383 e. The number of amidine groups is 1. The molecule has 92 valence electrons. The number of hydrogen-bond donors (Lipinski definition) is 1. The molecule has 0 aromatic heterocycles. The number of aliphatic imine (C=N–C) groups is 1. The number of benzene rings is 2. The van der Waals surface area contributed by atoms with Gasteiger partial charge >= 0.3 is 0 Å². The predicted octanol–water partition coefficient (Wildman–Crippen LogP) is 4.10. The van der Waals surface area contributed by atoms with Crippen LogP contribution in [0.25, 0.3) is 0 Å². The van der Waals surface area contributed by atoms with Crippen LogP contribution < -0.4 is 5.73 Å². The molecule has 0 heterocycles. The molecule has 2 nitrogen and oxygen atoms in total. The number of aryl methyl sites for hydroxylation is 2. The minimum Gasteiger partial charge on any atom is -0.383 e. The summed E-state index contributed by atoms with van der Waals surface area (Å²) >= 11 is 3.48. The Balaban J connectivity index is 2.45. The van der Waals surface area contributed by atoms with E-state index in [0.717, 1.165) is 26.9 Å². The number of halogens is 1. The molecule has 2 N–H and O–H groups in total. The first-order chi connectivity index (χ1) is 8.58. The summed E-state index contributed by atoms with van der Waals surface area (Å²) in [4.78, 5) is 4.54. The van der Waals surface area contributed by atoms with Gasteiger partial charge in [-0.15, -0.1) is 0 Å². The summed E-state index contributed by atoms with van der Waals surface area (Å²) in [5, 5.41) is 0. The Labute approximate surface area is 116 Å². The number of hydrogen-bond acceptors (Lipinski definition) is 1. The lowest BCUT2D eigenvalue weighted by Gasteiger charge is -2.07. The van der Waals surface area contributed by atoms with Gasteiger partial charge in [-0.25, -0.2) is 4.99 Å². The summed E-state index contributed by atoms with van der Waals surface area (Å²) in [7, 11) is 0. The first-order valence-electron chi connectivity index (χ1n) is 5.74. The van der Waals surface area contributed by atoms with Crippen molar-refractivity contribution in [1.29, 1.82) is 0 Å². The molecule has 0 bridgehead atoms. The monoisotopic (exact) mass is 302 g/mol. The van der Waals surface area contributed by atoms with Crippen molar-refractivity contribution in [2.45, 2.75) is 13.8 Å². The summed E-state index contributed by atoms with van der Waals surface area (Å²) in [6.45, 7) is 4.07. The van der Waals surface area contributed by atoms with Crippen LogP contribution in [-0.4, -0.2) is 5.84 Å². The quantitative estimate of drug-likeness (QED) is 0.658. The van der Waals surface area contributed by atoms with E-state index in [-0.39, 0.29) is 0 Å². The highest BCUT2D eigenvalue weighted by Crippen LogP contribution is 2.27. The average Bonchev–Trinajstić information content (AvgIpc) is 2.34. The highest BCUT2D eigenvalue weighted by atomic mass is 79.9. The molecule has 0 radical (unpaired) electrons. The first-order valence-corrected chi connectivity index (χ1v) is 6.53. The molecular formula is C15H15BrN2. The molecule has 0 fully saturated rings. The van der Waals surface area contributed by atoms with E-state index >= 15 is 0 Å². The summed E-state index contributed by atoms with van der Waals surface area (Å²) in [5.41, 5.74) is 10.2. The smallest absolute Gasteiger partial charge is 0.131 e. The Morgan fingerprint density at radius 3 is 2.17 bits per heavy atom. The van der Waals surface area contributed by atoms with Gasteiger partial charge in [0.2, 0.25) is 0 Å². The van der Waals surface area contributed by atoms with Crippen LogP contribution >= 0.6 is 15.9 Å². The summed E-state index contributed by atoms with van der Waals surface area (Å²) in [6, 6.07) is 13.9. The molecule has 2 aromatic rings. The van der Waals surface area contributed by atoms with E-state index in [1.165, 1.54) is 0 Å². The van der Waals surface area contributed by atoms with Gasteiger partial charge in [0, 0.05) is 10.0 Å². The summed E-state index contributed by atoms with van der Waals surface area (Å²) < 4.78 is 1.06. The fourth-order valence-electron chi connectivity index (χ4n) is 1.87. The molecule has 0 saturated carbocycles. The van der Waals surface area contributed by atoms with Gasteiger partial charge in [0.05, 0.1) is 5.69 Å². The normalized spacial score (nSPS) is 11.6.